The van der Waals surface area contributed by atoms with E-state index in [2.05, 4.69) is 53.4 Å². The Morgan fingerprint density at radius 2 is 1.64 bits per heavy atom. The van der Waals surface area contributed by atoms with E-state index in [0.29, 0.717) is 17.9 Å². The van der Waals surface area contributed by atoms with Crippen molar-refractivity contribution in [3.63, 3.8) is 0 Å². The molecular weight excluding hydrogens is 346 g/mol. The Morgan fingerprint density at radius 3 is 2.39 bits per heavy atom. The molecule has 3 heteroatoms. The van der Waals surface area contributed by atoms with E-state index in [1.807, 2.05) is 0 Å². The number of carbonyl (C=O) groups is 1. The number of fused-ring (bicyclic) bond motifs is 4. The molecule has 144 valence electrons. The number of piperidine rings is 1. The van der Waals surface area contributed by atoms with Gasteiger partial charge in [-0.2, -0.15) is 0 Å². The summed E-state index contributed by atoms with van der Waals surface area (Å²) in [5.74, 6) is 0.191. The van der Waals surface area contributed by atoms with Gasteiger partial charge in [-0.25, -0.2) is 0 Å². The van der Waals surface area contributed by atoms with Crippen LogP contribution in [0.25, 0.3) is 0 Å². The largest absolute Gasteiger partial charge is 0.481 e. The smallest absolute Gasteiger partial charge is 0.307 e. The van der Waals surface area contributed by atoms with Crippen molar-refractivity contribution in [3.8, 4) is 0 Å². The maximum Gasteiger partial charge on any atom is 0.307 e. The average Bonchev–Trinajstić information content (AvgIpc) is 3.02. The molecule has 1 N–H and O–H groups in total. The number of hydrogen-bond donors (Lipinski definition) is 1. The lowest BCUT2D eigenvalue weighted by atomic mass is 9.73. The van der Waals surface area contributed by atoms with Gasteiger partial charge >= 0.3 is 5.97 Å². The standard InChI is InChI=1S/C25H27NO2/c27-24(28)23-20-14-26(15-21(20)23)19-9-10-25(13-19)12-18-7-2-1-5-16(18)11-17-6-3-4-8-22(17)25/h1-8,19-21,23H,9-15H2,(H,27,28)/t19?,20-,21+,23?,25?. The first-order valence-corrected chi connectivity index (χ1v) is 10.8. The zero-order valence-corrected chi connectivity index (χ0v) is 16.2. The van der Waals surface area contributed by atoms with Crippen molar-refractivity contribution in [3.05, 3.63) is 70.8 Å². The molecule has 1 heterocycles. The molecule has 4 aliphatic rings. The number of aliphatic carboxylic acids is 1. The quantitative estimate of drug-likeness (QED) is 0.868. The van der Waals surface area contributed by atoms with Crippen LogP contribution in [0.1, 0.15) is 41.5 Å². The molecule has 0 aromatic heterocycles. The van der Waals surface area contributed by atoms with Crippen LogP contribution in [0.4, 0.5) is 0 Å². The Morgan fingerprint density at radius 1 is 0.964 bits per heavy atom. The number of benzene rings is 2. The Bertz CT molecular complexity index is 941. The molecule has 3 aliphatic carbocycles. The lowest BCUT2D eigenvalue weighted by Gasteiger charge is -2.33. The molecule has 0 radical (unpaired) electrons. The minimum absolute atomic E-state index is 0.0582. The molecule has 6 rings (SSSR count). The van der Waals surface area contributed by atoms with Crippen molar-refractivity contribution < 1.29 is 9.90 Å². The molecule has 0 amide bonds. The van der Waals surface area contributed by atoms with Crippen LogP contribution in [0.5, 0.6) is 0 Å². The second-order valence-electron chi connectivity index (χ2n) is 9.60. The van der Waals surface area contributed by atoms with E-state index in [4.69, 9.17) is 0 Å². The Kier molecular flexibility index (Phi) is 3.56. The molecule has 2 aromatic rings. The van der Waals surface area contributed by atoms with Gasteiger partial charge in [0, 0.05) is 24.5 Å². The second-order valence-corrected chi connectivity index (χ2v) is 9.60. The third kappa shape index (κ3) is 2.42. The van der Waals surface area contributed by atoms with Crippen LogP contribution in [0.15, 0.2) is 48.5 Å². The second kappa shape index (κ2) is 5.93. The Balaban J connectivity index is 1.30. The van der Waals surface area contributed by atoms with Gasteiger partial charge in [-0.15, -0.1) is 0 Å². The summed E-state index contributed by atoms with van der Waals surface area (Å²) < 4.78 is 0. The average molecular weight is 373 g/mol. The SMILES string of the molecule is O=C(O)C1[C@H]2CN(C3CCC4(Cc5ccccc5Cc5ccccc54)C3)C[C@@H]12. The Labute approximate surface area is 166 Å². The summed E-state index contributed by atoms with van der Waals surface area (Å²) in [6.45, 7) is 2.00. The normalized spacial score (nSPS) is 35.9. The van der Waals surface area contributed by atoms with Crippen LogP contribution < -0.4 is 0 Å². The van der Waals surface area contributed by atoms with Crippen molar-refractivity contribution in [2.75, 3.05) is 13.1 Å². The van der Waals surface area contributed by atoms with Gasteiger partial charge in [0.1, 0.15) is 0 Å². The third-order valence-corrected chi connectivity index (χ3v) is 8.22. The van der Waals surface area contributed by atoms with Gasteiger partial charge < -0.3 is 5.11 Å². The number of carboxylic acids is 1. The highest BCUT2D eigenvalue weighted by Gasteiger charge is 2.61. The maximum atomic E-state index is 11.3. The molecule has 2 saturated carbocycles. The number of likely N-dealkylation sites (tertiary alicyclic amines) is 1. The van der Waals surface area contributed by atoms with Gasteiger partial charge in [-0.05, 0) is 66.2 Å². The zero-order chi connectivity index (χ0) is 18.9. The van der Waals surface area contributed by atoms with Crippen molar-refractivity contribution in [2.45, 2.75) is 43.6 Å². The van der Waals surface area contributed by atoms with E-state index < -0.39 is 5.97 Å². The predicted molar refractivity (Wildman–Crippen MR) is 108 cm³/mol. The summed E-state index contributed by atoms with van der Waals surface area (Å²) in [7, 11) is 0. The lowest BCUT2D eigenvalue weighted by molar-refractivity contribution is -0.139. The van der Waals surface area contributed by atoms with Crippen molar-refractivity contribution in [1.82, 2.24) is 4.90 Å². The van der Waals surface area contributed by atoms with E-state index in [0.717, 1.165) is 25.9 Å². The first kappa shape index (κ1) is 16.8. The lowest BCUT2D eigenvalue weighted by Crippen LogP contribution is -2.37. The maximum absolute atomic E-state index is 11.3. The highest BCUT2D eigenvalue weighted by Crippen LogP contribution is 2.55. The van der Waals surface area contributed by atoms with E-state index in [9.17, 15) is 9.90 Å². The summed E-state index contributed by atoms with van der Waals surface area (Å²) in [6, 6.07) is 18.7. The number of rotatable bonds is 2. The molecule has 3 fully saturated rings. The van der Waals surface area contributed by atoms with Gasteiger partial charge in [-0.3, -0.25) is 9.69 Å². The zero-order valence-electron chi connectivity index (χ0n) is 16.2. The van der Waals surface area contributed by atoms with Crippen LogP contribution in [-0.2, 0) is 23.1 Å². The van der Waals surface area contributed by atoms with E-state index in [1.165, 1.54) is 36.0 Å². The molecule has 1 saturated heterocycles. The molecule has 5 atom stereocenters. The topological polar surface area (TPSA) is 40.5 Å². The number of hydrogen-bond acceptors (Lipinski definition) is 2. The van der Waals surface area contributed by atoms with Crippen molar-refractivity contribution in [1.29, 1.82) is 0 Å². The van der Waals surface area contributed by atoms with Crippen LogP contribution in [0, 0.1) is 17.8 Å². The molecule has 3 unspecified atom stereocenters. The van der Waals surface area contributed by atoms with Crippen molar-refractivity contribution >= 4 is 5.97 Å². The fourth-order valence-electron chi connectivity index (χ4n) is 6.80. The number of nitrogens with zero attached hydrogens (tertiary/aromatic N) is 1. The van der Waals surface area contributed by atoms with Crippen LogP contribution in [0.2, 0.25) is 0 Å². The highest BCUT2D eigenvalue weighted by molar-refractivity contribution is 5.74. The van der Waals surface area contributed by atoms with E-state index in [-0.39, 0.29) is 11.3 Å². The first-order valence-electron chi connectivity index (χ1n) is 10.8. The monoisotopic (exact) mass is 373 g/mol. The molecular formula is C25H27NO2. The molecule has 2 aromatic carbocycles. The summed E-state index contributed by atoms with van der Waals surface area (Å²) in [6.07, 6.45) is 5.91. The highest BCUT2D eigenvalue weighted by atomic mass is 16.4. The number of carboxylic acid groups (broad SMARTS) is 1. The van der Waals surface area contributed by atoms with Gasteiger partial charge in [0.15, 0.2) is 0 Å². The fourth-order valence-corrected chi connectivity index (χ4v) is 6.80. The molecule has 28 heavy (non-hydrogen) atoms. The fraction of sp³-hybridized carbons (Fsp3) is 0.480. The van der Waals surface area contributed by atoms with Crippen LogP contribution in [0.3, 0.4) is 0 Å². The van der Waals surface area contributed by atoms with Gasteiger partial charge in [-0.1, -0.05) is 48.5 Å². The first-order chi connectivity index (χ1) is 13.6. The van der Waals surface area contributed by atoms with Crippen LogP contribution in [-0.4, -0.2) is 35.1 Å². The molecule has 1 aliphatic heterocycles. The van der Waals surface area contributed by atoms with Crippen molar-refractivity contribution in [2.24, 2.45) is 17.8 Å². The van der Waals surface area contributed by atoms with Gasteiger partial charge in [0.25, 0.3) is 0 Å². The van der Waals surface area contributed by atoms with E-state index >= 15 is 0 Å². The molecule has 1 spiro atoms. The van der Waals surface area contributed by atoms with Gasteiger partial charge in [0.2, 0.25) is 0 Å². The van der Waals surface area contributed by atoms with Gasteiger partial charge in [0.05, 0.1) is 5.92 Å². The minimum atomic E-state index is -0.577. The molecule has 0 bridgehead atoms. The third-order valence-electron chi connectivity index (χ3n) is 8.22. The summed E-state index contributed by atoms with van der Waals surface area (Å²) in [4.78, 5) is 13.9. The summed E-state index contributed by atoms with van der Waals surface area (Å²) >= 11 is 0. The molecule has 3 nitrogen and oxygen atoms in total. The van der Waals surface area contributed by atoms with E-state index in [1.54, 1.807) is 5.56 Å². The summed E-state index contributed by atoms with van der Waals surface area (Å²) in [5.41, 5.74) is 6.33. The summed E-state index contributed by atoms with van der Waals surface area (Å²) in [5, 5.41) is 9.32. The predicted octanol–water partition coefficient (Wildman–Crippen LogP) is 3.89. The van der Waals surface area contributed by atoms with Crippen LogP contribution >= 0.6 is 0 Å². The minimum Gasteiger partial charge on any atom is -0.481 e. The Hall–Kier alpha value is -2.13.